The van der Waals surface area contributed by atoms with Crippen molar-refractivity contribution < 1.29 is 18.7 Å². The topological polar surface area (TPSA) is 76.0 Å². The lowest BCUT2D eigenvalue weighted by Crippen LogP contribution is -2.42. The number of hydrogen-bond donors (Lipinski definition) is 2. The average molecular weight is 387 g/mol. The van der Waals surface area contributed by atoms with Crippen molar-refractivity contribution in [3.8, 4) is 11.5 Å². The van der Waals surface area contributed by atoms with E-state index in [0.29, 0.717) is 31.0 Å². The van der Waals surface area contributed by atoms with Gasteiger partial charge in [0.15, 0.2) is 11.5 Å². The maximum atomic E-state index is 12.2. The SMILES string of the molecule is COc1ccc(CCNC(=O)NCC(c2ccco2)N2CCCC2)cc1OC. The highest BCUT2D eigenvalue weighted by Gasteiger charge is 2.25. The van der Waals surface area contributed by atoms with Crippen LogP contribution in [0.3, 0.4) is 0 Å². The zero-order valence-electron chi connectivity index (χ0n) is 16.6. The van der Waals surface area contributed by atoms with Gasteiger partial charge < -0.3 is 24.5 Å². The molecule has 0 radical (unpaired) electrons. The molecule has 3 rings (SSSR count). The van der Waals surface area contributed by atoms with E-state index in [4.69, 9.17) is 13.9 Å². The van der Waals surface area contributed by atoms with Gasteiger partial charge in [-0.2, -0.15) is 0 Å². The quantitative estimate of drug-likeness (QED) is 0.692. The summed E-state index contributed by atoms with van der Waals surface area (Å²) in [5.41, 5.74) is 1.07. The summed E-state index contributed by atoms with van der Waals surface area (Å²) in [6.45, 7) is 3.13. The smallest absolute Gasteiger partial charge is 0.314 e. The van der Waals surface area contributed by atoms with Crippen LogP contribution in [-0.2, 0) is 6.42 Å². The molecule has 2 N–H and O–H groups in total. The number of nitrogens with zero attached hydrogens (tertiary/aromatic N) is 1. The van der Waals surface area contributed by atoms with Crippen LogP contribution in [-0.4, -0.2) is 51.3 Å². The minimum Gasteiger partial charge on any atom is -0.493 e. The molecule has 0 spiro atoms. The van der Waals surface area contributed by atoms with Crippen molar-refractivity contribution in [1.82, 2.24) is 15.5 Å². The maximum Gasteiger partial charge on any atom is 0.314 e. The molecule has 7 nitrogen and oxygen atoms in total. The number of urea groups is 1. The Balaban J connectivity index is 1.46. The summed E-state index contributed by atoms with van der Waals surface area (Å²) < 4.78 is 16.1. The predicted molar refractivity (Wildman–Crippen MR) is 107 cm³/mol. The third-order valence-corrected chi connectivity index (χ3v) is 5.06. The number of carbonyl (C=O) groups is 1. The lowest BCUT2D eigenvalue weighted by atomic mass is 10.1. The van der Waals surface area contributed by atoms with E-state index >= 15 is 0 Å². The molecule has 0 aliphatic carbocycles. The Morgan fingerprint density at radius 2 is 1.93 bits per heavy atom. The molecule has 1 aliphatic heterocycles. The van der Waals surface area contributed by atoms with E-state index in [1.54, 1.807) is 20.5 Å². The molecule has 1 atom stereocenters. The normalized spacial score (nSPS) is 15.2. The van der Waals surface area contributed by atoms with Gasteiger partial charge in [-0.05, 0) is 62.2 Å². The Labute approximate surface area is 166 Å². The van der Waals surface area contributed by atoms with Gasteiger partial charge in [0.2, 0.25) is 0 Å². The number of rotatable bonds is 9. The van der Waals surface area contributed by atoms with Crippen LogP contribution in [0.25, 0.3) is 0 Å². The van der Waals surface area contributed by atoms with E-state index < -0.39 is 0 Å². The highest BCUT2D eigenvalue weighted by molar-refractivity contribution is 5.73. The molecule has 1 unspecified atom stereocenters. The molecule has 0 bridgehead atoms. The molecule has 1 aliphatic rings. The molecule has 1 saturated heterocycles. The van der Waals surface area contributed by atoms with Crippen molar-refractivity contribution in [3.05, 3.63) is 47.9 Å². The molecule has 152 valence electrons. The van der Waals surface area contributed by atoms with Crippen molar-refractivity contribution in [2.24, 2.45) is 0 Å². The van der Waals surface area contributed by atoms with Gasteiger partial charge in [0.05, 0.1) is 26.5 Å². The second kappa shape index (κ2) is 10.0. The highest BCUT2D eigenvalue weighted by atomic mass is 16.5. The van der Waals surface area contributed by atoms with E-state index in [0.717, 1.165) is 24.4 Å². The average Bonchev–Trinajstić information content (AvgIpc) is 3.43. The third-order valence-electron chi connectivity index (χ3n) is 5.06. The lowest BCUT2D eigenvalue weighted by Gasteiger charge is -2.26. The molecule has 2 heterocycles. The van der Waals surface area contributed by atoms with Crippen LogP contribution in [0.1, 0.15) is 30.2 Å². The number of ether oxygens (including phenoxy) is 2. The van der Waals surface area contributed by atoms with Crippen molar-refractivity contribution in [1.29, 1.82) is 0 Å². The molecular formula is C21H29N3O4. The minimum absolute atomic E-state index is 0.0779. The molecule has 2 aromatic rings. The van der Waals surface area contributed by atoms with Crippen molar-refractivity contribution in [2.75, 3.05) is 40.4 Å². The van der Waals surface area contributed by atoms with E-state index in [9.17, 15) is 4.79 Å². The number of methoxy groups -OCH3 is 2. The van der Waals surface area contributed by atoms with Gasteiger partial charge in [0.1, 0.15) is 5.76 Å². The van der Waals surface area contributed by atoms with Gasteiger partial charge in [-0.15, -0.1) is 0 Å². The van der Waals surface area contributed by atoms with E-state index in [2.05, 4.69) is 15.5 Å². The number of benzene rings is 1. The molecular weight excluding hydrogens is 358 g/mol. The summed E-state index contributed by atoms with van der Waals surface area (Å²) in [6, 6.07) is 9.55. The van der Waals surface area contributed by atoms with Crippen molar-refractivity contribution >= 4 is 6.03 Å². The Morgan fingerprint density at radius 1 is 1.14 bits per heavy atom. The minimum atomic E-state index is -0.170. The summed E-state index contributed by atoms with van der Waals surface area (Å²) >= 11 is 0. The highest BCUT2D eigenvalue weighted by Crippen LogP contribution is 2.27. The second-order valence-corrected chi connectivity index (χ2v) is 6.85. The zero-order chi connectivity index (χ0) is 19.8. The van der Waals surface area contributed by atoms with Crippen LogP contribution in [0.2, 0.25) is 0 Å². The molecule has 1 fully saturated rings. The Hall–Kier alpha value is -2.67. The molecule has 28 heavy (non-hydrogen) atoms. The number of furan rings is 1. The fourth-order valence-corrected chi connectivity index (χ4v) is 3.55. The first-order valence-corrected chi connectivity index (χ1v) is 9.71. The maximum absolute atomic E-state index is 12.2. The predicted octanol–water partition coefficient (Wildman–Crippen LogP) is 2.98. The summed E-state index contributed by atoms with van der Waals surface area (Å²) in [5, 5.41) is 5.90. The Bertz CT molecular complexity index is 742. The first kappa shape index (κ1) is 20.1. The first-order chi connectivity index (χ1) is 13.7. The number of nitrogens with one attached hydrogen (secondary N) is 2. The van der Waals surface area contributed by atoms with E-state index in [1.807, 2.05) is 30.3 Å². The van der Waals surface area contributed by atoms with E-state index in [-0.39, 0.29) is 12.1 Å². The largest absolute Gasteiger partial charge is 0.493 e. The fourth-order valence-electron chi connectivity index (χ4n) is 3.55. The Morgan fingerprint density at radius 3 is 2.61 bits per heavy atom. The number of likely N-dealkylation sites (tertiary alicyclic amines) is 1. The van der Waals surface area contributed by atoms with E-state index in [1.165, 1.54) is 12.8 Å². The number of hydrogen-bond acceptors (Lipinski definition) is 5. The standard InChI is InChI=1S/C21H29N3O4/c1-26-19-8-7-16(14-20(19)27-2)9-10-22-21(25)23-15-17(18-6-5-13-28-18)24-11-3-4-12-24/h5-8,13-14,17H,3-4,9-12,15H2,1-2H3,(H2,22,23,25). The zero-order valence-corrected chi connectivity index (χ0v) is 16.6. The molecule has 7 heteroatoms. The van der Waals surface area contributed by atoms with Gasteiger partial charge in [-0.3, -0.25) is 4.90 Å². The van der Waals surface area contributed by atoms with Crippen LogP contribution in [0.4, 0.5) is 4.79 Å². The fraction of sp³-hybridized carbons (Fsp3) is 0.476. The lowest BCUT2D eigenvalue weighted by molar-refractivity contribution is 0.203. The van der Waals surface area contributed by atoms with Crippen LogP contribution in [0, 0.1) is 0 Å². The summed E-state index contributed by atoms with van der Waals surface area (Å²) in [7, 11) is 3.23. The summed E-state index contributed by atoms with van der Waals surface area (Å²) in [6.07, 6.45) is 4.77. The van der Waals surface area contributed by atoms with Crippen LogP contribution < -0.4 is 20.1 Å². The molecule has 1 aromatic heterocycles. The molecule has 0 saturated carbocycles. The van der Waals surface area contributed by atoms with Crippen LogP contribution in [0.5, 0.6) is 11.5 Å². The van der Waals surface area contributed by atoms with Gasteiger partial charge in [0.25, 0.3) is 0 Å². The van der Waals surface area contributed by atoms with Gasteiger partial charge in [0, 0.05) is 13.1 Å². The van der Waals surface area contributed by atoms with Crippen LogP contribution in [0.15, 0.2) is 41.0 Å². The first-order valence-electron chi connectivity index (χ1n) is 9.71. The second-order valence-electron chi connectivity index (χ2n) is 6.85. The number of amides is 2. The van der Waals surface area contributed by atoms with Crippen LogP contribution >= 0.6 is 0 Å². The van der Waals surface area contributed by atoms with Crippen molar-refractivity contribution in [2.45, 2.75) is 25.3 Å². The molecule has 1 aromatic carbocycles. The molecule has 2 amide bonds. The summed E-state index contributed by atoms with van der Waals surface area (Å²) in [4.78, 5) is 14.6. The monoisotopic (exact) mass is 387 g/mol. The van der Waals surface area contributed by atoms with Gasteiger partial charge in [-0.1, -0.05) is 6.07 Å². The third kappa shape index (κ3) is 5.19. The van der Waals surface area contributed by atoms with Gasteiger partial charge in [-0.25, -0.2) is 4.79 Å². The summed E-state index contributed by atoms with van der Waals surface area (Å²) in [5.74, 6) is 2.28. The van der Waals surface area contributed by atoms with Gasteiger partial charge >= 0.3 is 6.03 Å². The number of carbonyl (C=O) groups excluding carboxylic acids is 1. The van der Waals surface area contributed by atoms with Crippen molar-refractivity contribution in [3.63, 3.8) is 0 Å². The Kier molecular flexibility index (Phi) is 7.19.